The predicted octanol–water partition coefficient (Wildman–Crippen LogP) is 1.56. The molecule has 1 amide bonds. The Bertz CT molecular complexity index is 768. The van der Waals surface area contributed by atoms with Gasteiger partial charge in [0.15, 0.2) is 0 Å². The van der Waals surface area contributed by atoms with E-state index >= 15 is 0 Å². The zero-order valence-electron chi connectivity index (χ0n) is 12.1. The first-order valence-electron chi connectivity index (χ1n) is 7.26. The number of carbonyl (C=O) groups is 1. The number of aromatic nitrogens is 2. The lowest BCUT2D eigenvalue weighted by atomic mass is 9.85. The third kappa shape index (κ3) is 1.49. The van der Waals surface area contributed by atoms with E-state index in [-0.39, 0.29) is 11.3 Å². The van der Waals surface area contributed by atoms with E-state index < -0.39 is 0 Å². The van der Waals surface area contributed by atoms with E-state index in [1.54, 1.807) is 16.8 Å². The number of nitrogens with one attached hydrogen (secondary N) is 1. The van der Waals surface area contributed by atoms with Gasteiger partial charge in [0.1, 0.15) is 0 Å². The summed E-state index contributed by atoms with van der Waals surface area (Å²) in [5.74, 6) is 0.0971. The van der Waals surface area contributed by atoms with Crippen molar-refractivity contribution >= 4 is 17.1 Å². The molecule has 0 aliphatic carbocycles. The Morgan fingerprint density at radius 1 is 1.55 bits per heavy atom. The second kappa shape index (κ2) is 3.85. The highest BCUT2D eigenvalue weighted by Gasteiger charge is 2.49. The molecule has 5 nitrogen and oxygen atoms in total. The van der Waals surface area contributed by atoms with Crippen LogP contribution in [0.4, 0.5) is 5.69 Å². The SMILES string of the molecule is [3H]c1ccc2c(N3CCC4(CC(=C)NC4=O)C3)cnn2c1. The van der Waals surface area contributed by atoms with Gasteiger partial charge in [-0.1, -0.05) is 12.6 Å². The fourth-order valence-corrected chi connectivity index (χ4v) is 3.35. The van der Waals surface area contributed by atoms with Crippen molar-refractivity contribution in [2.45, 2.75) is 12.8 Å². The lowest BCUT2D eigenvalue weighted by Crippen LogP contribution is -2.34. The molecule has 20 heavy (non-hydrogen) atoms. The minimum absolute atomic E-state index is 0.0971. The molecule has 102 valence electrons. The summed E-state index contributed by atoms with van der Waals surface area (Å²) >= 11 is 0. The molecule has 0 aromatic carbocycles. The number of anilines is 1. The van der Waals surface area contributed by atoms with Crippen LogP contribution in [0.3, 0.4) is 0 Å². The summed E-state index contributed by atoms with van der Waals surface area (Å²) in [6.45, 7) is 5.42. The Hall–Kier alpha value is -2.30. The number of carbonyl (C=O) groups excluding carboxylic acids is 1. The Labute approximate surface area is 118 Å². The standard InChI is InChI=1S/C15H16N4O/c1-11-8-15(14(20)17-11)5-7-18(10-15)13-9-16-19-6-3-2-4-12(13)19/h2-4,6,9H,1,5,7-8,10H2,(H,17,20)/i3T. The topological polar surface area (TPSA) is 49.6 Å². The highest BCUT2D eigenvalue weighted by Crippen LogP contribution is 2.42. The molecule has 0 bridgehead atoms. The summed E-state index contributed by atoms with van der Waals surface area (Å²) in [5.41, 5.74) is 2.48. The van der Waals surface area contributed by atoms with Gasteiger partial charge in [0, 0.05) is 31.4 Å². The first-order valence-corrected chi connectivity index (χ1v) is 6.76. The molecule has 1 unspecified atom stereocenters. The second-order valence-electron chi connectivity index (χ2n) is 5.68. The zero-order chi connectivity index (χ0) is 14.6. The van der Waals surface area contributed by atoms with E-state index in [0.29, 0.717) is 12.6 Å². The molecular weight excluding hydrogens is 252 g/mol. The van der Waals surface area contributed by atoms with E-state index in [1.165, 1.54) is 0 Å². The number of pyridine rings is 1. The van der Waals surface area contributed by atoms with Crippen LogP contribution in [0, 0.1) is 5.41 Å². The van der Waals surface area contributed by atoms with Crippen molar-refractivity contribution in [3.63, 3.8) is 0 Å². The Morgan fingerprint density at radius 2 is 2.45 bits per heavy atom. The van der Waals surface area contributed by atoms with Crippen LogP contribution in [-0.2, 0) is 4.79 Å². The van der Waals surface area contributed by atoms with Crippen LogP contribution in [0.15, 0.2) is 42.8 Å². The number of rotatable bonds is 1. The third-order valence-corrected chi connectivity index (χ3v) is 4.37. The summed E-state index contributed by atoms with van der Waals surface area (Å²) in [7, 11) is 0. The van der Waals surface area contributed by atoms with Gasteiger partial charge in [-0.25, -0.2) is 4.52 Å². The predicted molar refractivity (Wildman–Crippen MR) is 76.4 cm³/mol. The molecule has 5 heteroatoms. The molecule has 2 saturated heterocycles. The first-order chi connectivity index (χ1) is 10.1. The van der Waals surface area contributed by atoms with E-state index in [4.69, 9.17) is 1.37 Å². The fraction of sp³-hybridized carbons (Fsp3) is 0.333. The van der Waals surface area contributed by atoms with Gasteiger partial charge in [-0.3, -0.25) is 4.79 Å². The molecule has 1 spiro atoms. The monoisotopic (exact) mass is 270 g/mol. The molecule has 0 radical (unpaired) electrons. The van der Waals surface area contributed by atoms with Crippen LogP contribution in [0.1, 0.15) is 14.2 Å². The van der Waals surface area contributed by atoms with Gasteiger partial charge in [-0.2, -0.15) is 5.10 Å². The van der Waals surface area contributed by atoms with Crippen LogP contribution in [0.2, 0.25) is 0 Å². The number of hydrogen-bond acceptors (Lipinski definition) is 3. The molecule has 2 aromatic heterocycles. The molecule has 2 aliphatic rings. The first kappa shape index (κ1) is 10.5. The minimum Gasteiger partial charge on any atom is -0.367 e. The number of fused-ring (bicyclic) bond motifs is 1. The van der Waals surface area contributed by atoms with Crippen LogP contribution < -0.4 is 10.2 Å². The molecule has 1 atom stereocenters. The van der Waals surface area contributed by atoms with Crippen molar-refractivity contribution in [2.24, 2.45) is 5.41 Å². The van der Waals surface area contributed by atoms with Crippen molar-refractivity contribution in [1.82, 2.24) is 14.9 Å². The van der Waals surface area contributed by atoms with Crippen LogP contribution >= 0.6 is 0 Å². The zero-order valence-corrected chi connectivity index (χ0v) is 11.1. The lowest BCUT2D eigenvalue weighted by molar-refractivity contribution is -0.126. The summed E-state index contributed by atoms with van der Waals surface area (Å²) < 4.78 is 9.36. The van der Waals surface area contributed by atoms with Crippen molar-refractivity contribution < 1.29 is 6.17 Å². The number of amides is 1. The molecule has 0 saturated carbocycles. The Balaban J connectivity index is 1.68. The van der Waals surface area contributed by atoms with Crippen LogP contribution in [-0.4, -0.2) is 28.6 Å². The van der Waals surface area contributed by atoms with Gasteiger partial charge < -0.3 is 10.2 Å². The van der Waals surface area contributed by atoms with Crippen molar-refractivity contribution in [3.05, 3.63) is 42.8 Å². The van der Waals surface area contributed by atoms with Gasteiger partial charge in [-0.05, 0) is 18.5 Å². The molecule has 2 aliphatic heterocycles. The van der Waals surface area contributed by atoms with E-state index in [2.05, 4.69) is 21.9 Å². The van der Waals surface area contributed by atoms with Gasteiger partial charge in [-0.15, -0.1) is 0 Å². The summed E-state index contributed by atoms with van der Waals surface area (Å²) in [4.78, 5) is 14.4. The average Bonchev–Trinajstić information content (AvgIpc) is 3.09. The summed E-state index contributed by atoms with van der Waals surface area (Å²) in [5, 5.41) is 7.16. The maximum absolute atomic E-state index is 12.2. The maximum atomic E-state index is 12.2. The largest absolute Gasteiger partial charge is 0.367 e. The van der Waals surface area contributed by atoms with Crippen molar-refractivity contribution in [2.75, 3.05) is 18.0 Å². The van der Waals surface area contributed by atoms with E-state index in [1.807, 2.05) is 12.3 Å². The molecular formula is C15H16N4O. The van der Waals surface area contributed by atoms with Crippen LogP contribution in [0.5, 0.6) is 0 Å². The Morgan fingerprint density at radius 3 is 3.25 bits per heavy atom. The molecule has 2 aromatic rings. The van der Waals surface area contributed by atoms with Gasteiger partial charge in [0.2, 0.25) is 5.91 Å². The quantitative estimate of drug-likeness (QED) is 0.855. The minimum atomic E-state index is -0.333. The Kier molecular flexibility index (Phi) is 2.02. The molecule has 1 N–H and O–H groups in total. The fourth-order valence-electron chi connectivity index (χ4n) is 3.35. The smallest absolute Gasteiger partial charge is 0.232 e. The second-order valence-corrected chi connectivity index (χ2v) is 5.68. The molecule has 4 rings (SSSR count). The van der Waals surface area contributed by atoms with Gasteiger partial charge >= 0.3 is 0 Å². The van der Waals surface area contributed by atoms with Crippen LogP contribution in [0.25, 0.3) is 5.52 Å². The average molecular weight is 270 g/mol. The summed E-state index contributed by atoms with van der Waals surface area (Å²) in [6, 6.07) is 4.10. The lowest BCUT2D eigenvalue weighted by Gasteiger charge is -2.21. The van der Waals surface area contributed by atoms with Crippen molar-refractivity contribution in [3.8, 4) is 0 Å². The number of allylic oxidation sites excluding steroid dienone is 1. The highest BCUT2D eigenvalue weighted by atomic mass is 16.2. The number of hydrogen-bond donors (Lipinski definition) is 1. The summed E-state index contributed by atoms with van der Waals surface area (Å²) in [6.07, 6.45) is 5.06. The molecule has 4 heterocycles. The maximum Gasteiger partial charge on any atom is 0.232 e. The van der Waals surface area contributed by atoms with E-state index in [0.717, 1.165) is 36.3 Å². The van der Waals surface area contributed by atoms with Gasteiger partial charge in [0.05, 0.1) is 24.2 Å². The highest BCUT2D eigenvalue weighted by molar-refractivity contribution is 5.89. The van der Waals surface area contributed by atoms with Gasteiger partial charge in [0.25, 0.3) is 0 Å². The van der Waals surface area contributed by atoms with Crippen molar-refractivity contribution in [1.29, 1.82) is 0 Å². The normalized spacial score (nSPS) is 26.6. The van der Waals surface area contributed by atoms with E-state index in [9.17, 15) is 4.79 Å². The number of nitrogens with zero attached hydrogens (tertiary/aromatic N) is 3. The third-order valence-electron chi connectivity index (χ3n) is 4.37. The molecule has 2 fully saturated rings.